The first kappa shape index (κ1) is 17.7. The van der Waals surface area contributed by atoms with Gasteiger partial charge in [-0.25, -0.2) is 4.79 Å². The number of nitrogens with one attached hydrogen (secondary N) is 2. The monoisotopic (exact) mass is 344 g/mol. The standard InChI is InChI=1S/C19H28N4O2/c20-17-8-4-6-15(17)12-18(24)21-13-14-5-3-7-16(11-14)22-19(25)23-9-1-2-10-23/h3,5,7,11,15,17H,1-2,4,6,8-10,12-13,20H2,(H,21,24)(H,22,25)/t15-,17+/m0/s1. The lowest BCUT2D eigenvalue weighted by molar-refractivity contribution is -0.122. The van der Waals surface area contributed by atoms with Crippen LogP contribution in [0.3, 0.4) is 0 Å². The second kappa shape index (κ2) is 8.34. The predicted octanol–water partition coefficient (Wildman–Crippen LogP) is 2.45. The number of likely N-dealkylation sites (tertiary alicyclic amines) is 1. The van der Waals surface area contributed by atoms with Gasteiger partial charge in [-0.1, -0.05) is 18.6 Å². The molecule has 6 heteroatoms. The SMILES string of the molecule is N[C@@H]1CCC[C@H]1CC(=O)NCc1cccc(NC(=O)N2CCCC2)c1. The molecule has 0 radical (unpaired) electrons. The molecule has 3 rings (SSSR count). The molecule has 0 unspecified atom stereocenters. The number of hydrogen-bond donors (Lipinski definition) is 3. The molecule has 1 aromatic carbocycles. The first-order chi connectivity index (χ1) is 12.1. The van der Waals surface area contributed by atoms with Gasteiger partial charge in [-0.2, -0.15) is 0 Å². The van der Waals surface area contributed by atoms with Gasteiger partial charge in [-0.3, -0.25) is 4.79 Å². The Hall–Kier alpha value is -2.08. The van der Waals surface area contributed by atoms with Crippen LogP contribution in [0.1, 0.15) is 44.1 Å². The zero-order chi connectivity index (χ0) is 17.6. The average Bonchev–Trinajstić information content (AvgIpc) is 3.26. The first-order valence-corrected chi connectivity index (χ1v) is 9.29. The molecular formula is C19H28N4O2. The van der Waals surface area contributed by atoms with E-state index in [-0.39, 0.29) is 18.0 Å². The van der Waals surface area contributed by atoms with Gasteiger partial charge in [0.05, 0.1) is 0 Å². The van der Waals surface area contributed by atoms with Crippen molar-refractivity contribution in [2.24, 2.45) is 11.7 Å². The van der Waals surface area contributed by atoms with Crippen molar-refractivity contribution in [3.8, 4) is 0 Å². The average molecular weight is 344 g/mol. The summed E-state index contributed by atoms with van der Waals surface area (Å²) < 4.78 is 0. The van der Waals surface area contributed by atoms with E-state index in [2.05, 4.69) is 10.6 Å². The molecule has 2 aliphatic rings. The molecule has 1 saturated carbocycles. The molecule has 0 aromatic heterocycles. The van der Waals surface area contributed by atoms with Crippen LogP contribution in [0, 0.1) is 5.92 Å². The van der Waals surface area contributed by atoms with E-state index in [1.807, 2.05) is 29.2 Å². The van der Waals surface area contributed by atoms with E-state index in [0.29, 0.717) is 18.9 Å². The van der Waals surface area contributed by atoms with Crippen LogP contribution >= 0.6 is 0 Å². The fourth-order valence-electron chi connectivity index (χ4n) is 3.71. The minimum Gasteiger partial charge on any atom is -0.352 e. The summed E-state index contributed by atoms with van der Waals surface area (Å²) in [5.74, 6) is 0.361. The van der Waals surface area contributed by atoms with E-state index < -0.39 is 0 Å². The van der Waals surface area contributed by atoms with Crippen LogP contribution in [-0.2, 0) is 11.3 Å². The zero-order valence-electron chi connectivity index (χ0n) is 14.7. The van der Waals surface area contributed by atoms with E-state index in [1.165, 1.54) is 0 Å². The number of nitrogens with zero attached hydrogens (tertiary/aromatic N) is 1. The fourth-order valence-corrected chi connectivity index (χ4v) is 3.71. The maximum absolute atomic E-state index is 12.1. The van der Waals surface area contributed by atoms with Crippen LogP contribution in [0.2, 0.25) is 0 Å². The molecule has 4 N–H and O–H groups in total. The van der Waals surface area contributed by atoms with Crippen LogP contribution in [0.5, 0.6) is 0 Å². The molecule has 0 spiro atoms. The first-order valence-electron chi connectivity index (χ1n) is 9.29. The molecule has 25 heavy (non-hydrogen) atoms. The van der Waals surface area contributed by atoms with Gasteiger partial charge in [-0.05, 0) is 49.3 Å². The summed E-state index contributed by atoms with van der Waals surface area (Å²) in [4.78, 5) is 26.1. The minimum absolute atomic E-state index is 0.0473. The van der Waals surface area contributed by atoms with Crippen molar-refractivity contribution in [3.05, 3.63) is 29.8 Å². The third kappa shape index (κ3) is 4.95. The molecular weight excluding hydrogens is 316 g/mol. The van der Waals surface area contributed by atoms with Crippen LogP contribution in [0.4, 0.5) is 10.5 Å². The van der Waals surface area contributed by atoms with Crippen LogP contribution in [0.25, 0.3) is 0 Å². The highest BCUT2D eigenvalue weighted by Gasteiger charge is 2.25. The van der Waals surface area contributed by atoms with Gasteiger partial charge in [0.25, 0.3) is 0 Å². The summed E-state index contributed by atoms with van der Waals surface area (Å²) >= 11 is 0. The third-order valence-corrected chi connectivity index (χ3v) is 5.23. The maximum atomic E-state index is 12.1. The number of nitrogens with two attached hydrogens (primary N) is 1. The number of amides is 3. The van der Waals surface area contributed by atoms with Crippen LogP contribution < -0.4 is 16.4 Å². The summed E-state index contributed by atoms with van der Waals surface area (Å²) in [5, 5.41) is 5.90. The summed E-state index contributed by atoms with van der Waals surface area (Å²) in [6, 6.07) is 7.75. The summed E-state index contributed by atoms with van der Waals surface area (Å²) in [5.41, 5.74) is 7.77. The topological polar surface area (TPSA) is 87.5 Å². The largest absolute Gasteiger partial charge is 0.352 e. The molecule has 1 aromatic rings. The molecule has 3 amide bonds. The Morgan fingerprint density at radius 3 is 2.68 bits per heavy atom. The lowest BCUT2D eigenvalue weighted by Crippen LogP contribution is -2.32. The van der Waals surface area contributed by atoms with Crippen molar-refractivity contribution in [1.29, 1.82) is 0 Å². The number of urea groups is 1. The van der Waals surface area contributed by atoms with Gasteiger partial charge in [0.2, 0.25) is 5.91 Å². The second-order valence-corrected chi connectivity index (χ2v) is 7.16. The van der Waals surface area contributed by atoms with Crippen molar-refractivity contribution in [1.82, 2.24) is 10.2 Å². The maximum Gasteiger partial charge on any atom is 0.321 e. The Labute approximate surface area is 149 Å². The number of carbonyl (C=O) groups excluding carboxylic acids is 2. The predicted molar refractivity (Wildman–Crippen MR) is 98.0 cm³/mol. The van der Waals surface area contributed by atoms with E-state index >= 15 is 0 Å². The normalized spacial score (nSPS) is 22.8. The molecule has 136 valence electrons. The molecule has 1 aliphatic carbocycles. The smallest absolute Gasteiger partial charge is 0.321 e. The summed E-state index contributed by atoms with van der Waals surface area (Å²) in [6.45, 7) is 2.12. The van der Waals surface area contributed by atoms with Crippen LogP contribution in [-0.4, -0.2) is 36.0 Å². The highest BCUT2D eigenvalue weighted by atomic mass is 16.2. The minimum atomic E-state index is -0.0473. The lowest BCUT2D eigenvalue weighted by atomic mass is 10.00. The summed E-state index contributed by atoms with van der Waals surface area (Å²) in [6.07, 6.45) is 5.85. The molecule has 2 fully saturated rings. The van der Waals surface area contributed by atoms with Crippen molar-refractivity contribution >= 4 is 17.6 Å². The zero-order valence-corrected chi connectivity index (χ0v) is 14.7. The van der Waals surface area contributed by atoms with Crippen molar-refractivity contribution in [2.75, 3.05) is 18.4 Å². The van der Waals surface area contributed by atoms with Crippen molar-refractivity contribution < 1.29 is 9.59 Å². The number of rotatable bonds is 5. The lowest BCUT2D eigenvalue weighted by Gasteiger charge is -2.17. The van der Waals surface area contributed by atoms with Gasteiger partial charge in [0, 0.05) is 37.8 Å². The molecule has 2 atom stereocenters. The molecule has 1 heterocycles. The molecule has 0 bridgehead atoms. The van der Waals surface area contributed by atoms with Gasteiger partial charge in [-0.15, -0.1) is 0 Å². The van der Waals surface area contributed by atoms with E-state index in [1.54, 1.807) is 0 Å². The fraction of sp³-hybridized carbons (Fsp3) is 0.579. The van der Waals surface area contributed by atoms with E-state index in [0.717, 1.165) is 56.4 Å². The van der Waals surface area contributed by atoms with Crippen LogP contribution in [0.15, 0.2) is 24.3 Å². The molecule has 1 saturated heterocycles. The Kier molecular flexibility index (Phi) is 5.91. The van der Waals surface area contributed by atoms with Gasteiger partial charge in [0.15, 0.2) is 0 Å². The number of anilines is 1. The number of benzene rings is 1. The Balaban J connectivity index is 1.47. The van der Waals surface area contributed by atoms with E-state index in [9.17, 15) is 9.59 Å². The molecule has 1 aliphatic heterocycles. The highest BCUT2D eigenvalue weighted by Crippen LogP contribution is 2.26. The second-order valence-electron chi connectivity index (χ2n) is 7.16. The third-order valence-electron chi connectivity index (χ3n) is 5.23. The number of carbonyl (C=O) groups is 2. The number of hydrogen-bond acceptors (Lipinski definition) is 3. The highest BCUT2D eigenvalue weighted by molar-refractivity contribution is 5.89. The Morgan fingerprint density at radius 1 is 1.16 bits per heavy atom. The van der Waals surface area contributed by atoms with Gasteiger partial charge in [0.1, 0.15) is 0 Å². The van der Waals surface area contributed by atoms with Gasteiger partial charge < -0.3 is 21.3 Å². The molecule has 6 nitrogen and oxygen atoms in total. The van der Waals surface area contributed by atoms with Crippen molar-refractivity contribution in [3.63, 3.8) is 0 Å². The summed E-state index contributed by atoms with van der Waals surface area (Å²) in [7, 11) is 0. The Bertz CT molecular complexity index is 613. The quantitative estimate of drug-likeness (QED) is 0.767. The van der Waals surface area contributed by atoms with Gasteiger partial charge >= 0.3 is 6.03 Å². The van der Waals surface area contributed by atoms with E-state index in [4.69, 9.17) is 5.73 Å². The Morgan fingerprint density at radius 2 is 1.96 bits per heavy atom. The van der Waals surface area contributed by atoms with Crippen molar-refractivity contribution in [2.45, 2.75) is 51.1 Å².